The van der Waals surface area contributed by atoms with E-state index in [0.29, 0.717) is 43.4 Å². The van der Waals surface area contributed by atoms with E-state index in [0.717, 1.165) is 37.6 Å². The molecule has 3 heterocycles. The van der Waals surface area contributed by atoms with Gasteiger partial charge in [-0.3, -0.25) is 15.0 Å². The quantitative estimate of drug-likeness (QED) is 0.233. The summed E-state index contributed by atoms with van der Waals surface area (Å²) in [6.07, 6.45) is 2.62. The van der Waals surface area contributed by atoms with Gasteiger partial charge in [0.2, 0.25) is 0 Å². The first-order valence-corrected chi connectivity index (χ1v) is 15.1. The summed E-state index contributed by atoms with van der Waals surface area (Å²) in [5.74, 6) is -0.507. The fourth-order valence-corrected chi connectivity index (χ4v) is 6.24. The molecule has 0 radical (unpaired) electrons. The number of amides is 1. The number of carbonyl (C=O) groups excluding carboxylic acids is 1. The van der Waals surface area contributed by atoms with Crippen LogP contribution in [-0.4, -0.2) is 107 Å². The van der Waals surface area contributed by atoms with E-state index in [9.17, 15) is 13.2 Å². The van der Waals surface area contributed by atoms with Crippen molar-refractivity contribution in [3.8, 4) is 0 Å². The monoisotopic (exact) mass is 565 g/mol. The second-order valence-corrected chi connectivity index (χ2v) is 12.6. The maximum absolute atomic E-state index is 13.3. The number of aromatic nitrogens is 1. The summed E-state index contributed by atoms with van der Waals surface area (Å²) < 4.78 is 35.5. The van der Waals surface area contributed by atoms with Crippen LogP contribution in [0.25, 0.3) is 0 Å². The van der Waals surface area contributed by atoms with E-state index in [1.165, 1.54) is 30.6 Å². The number of thiazole rings is 1. The SMILES string of the molecule is COCCCS(=O)(=O)c1ccc(/C(=N\O[C@@H]2CCOC2)C(=O)Nc2ncc(CN3CCN(C)CC3)s2)cc1. The molecule has 0 saturated carbocycles. The fraction of sp³-hybridized carbons (Fsp3) is 0.560. The minimum atomic E-state index is -3.46. The third-order valence-electron chi connectivity index (χ3n) is 6.39. The number of nitrogens with one attached hydrogen (secondary N) is 1. The van der Waals surface area contributed by atoms with Crippen LogP contribution in [0.15, 0.2) is 40.5 Å². The van der Waals surface area contributed by atoms with Gasteiger partial charge in [-0.05, 0) is 25.6 Å². The van der Waals surface area contributed by atoms with Gasteiger partial charge in [-0.15, -0.1) is 11.3 Å². The summed E-state index contributed by atoms with van der Waals surface area (Å²) in [6, 6.07) is 6.10. The molecule has 2 fully saturated rings. The zero-order valence-corrected chi connectivity index (χ0v) is 23.4. The average Bonchev–Trinajstić information content (AvgIpc) is 3.58. The van der Waals surface area contributed by atoms with Gasteiger partial charge in [0.1, 0.15) is 0 Å². The summed E-state index contributed by atoms with van der Waals surface area (Å²) in [5.41, 5.74) is 0.475. The second-order valence-electron chi connectivity index (χ2n) is 9.39. The van der Waals surface area contributed by atoms with Gasteiger partial charge in [0, 0.05) is 69.5 Å². The maximum atomic E-state index is 13.3. The van der Waals surface area contributed by atoms with E-state index in [1.54, 1.807) is 18.3 Å². The van der Waals surface area contributed by atoms with Crippen LogP contribution in [0.1, 0.15) is 23.3 Å². The Labute approximate surface area is 227 Å². The number of ether oxygens (including phenoxy) is 2. The smallest absolute Gasteiger partial charge is 0.280 e. The minimum absolute atomic E-state index is 0.0209. The molecule has 208 valence electrons. The van der Waals surface area contributed by atoms with Gasteiger partial charge in [-0.2, -0.15) is 0 Å². The Morgan fingerprint density at radius 2 is 2.00 bits per heavy atom. The first-order valence-electron chi connectivity index (χ1n) is 12.6. The number of oxime groups is 1. The predicted molar refractivity (Wildman–Crippen MR) is 145 cm³/mol. The molecule has 1 atom stereocenters. The molecule has 0 aliphatic carbocycles. The lowest BCUT2D eigenvalue weighted by Crippen LogP contribution is -2.43. The number of hydrogen-bond donors (Lipinski definition) is 1. The van der Waals surface area contributed by atoms with Crippen molar-refractivity contribution < 1.29 is 27.5 Å². The Balaban J connectivity index is 1.46. The predicted octanol–water partition coefficient (Wildman–Crippen LogP) is 1.85. The van der Waals surface area contributed by atoms with Gasteiger partial charge in [0.15, 0.2) is 26.8 Å². The molecule has 1 amide bonds. The number of likely N-dealkylation sites (N-methyl/N-ethyl adjacent to an activating group) is 1. The van der Waals surface area contributed by atoms with Crippen molar-refractivity contribution in [2.24, 2.45) is 5.16 Å². The third kappa shape index (κ3) is 8.04. The molecule has 2 aromatic rings. The molecule has 4 rings (SSSR count). The highest BCUT2D eigenvalue weighted by molar-refractivity contribution is 7.91. The number of hydrogen-bond acceptors (Lipinski definition) is 11. The van der Waals surface area contributed by atoms with Gasteiger partial charge in [0.05, 0.1) is 23.9 Å². The second kappa shape index (κ2) is 13.6. The lowest BCUT2D eigenvalue weighted by Gasteiger charge is -2.31. The van der Waals surface area contributed by atoms with E-state index in [2.05, 4.69) is 32.3 Å². The molecule has 38 heavy (non-hydrogen) atoms. The maximum Gasteiger partial charge on any atom is 0.280 e. The number of rotatable bonds is 12. The van der Waals surface area contributed by atoms with Crippen molar-refractivity contribution in [3.63, 3.8) is 0 Å². The largest absolute Gasteiger partial charge is 0.389 e. The number of anilines is 1. The highest BCUT2D eigenvalue weighted by Crippen LogP contribution is 2.22. The van der Waals surface area contributed by atoms with Gasteiger partial charge < -0.3 is 19.2 Å². The molecule has 0 spiro atoms. The Hall–Kier alpha value is -2.42. The lowest BCUT2D eigenvalue weighted by molar-refractivity contribution is -0.110. The van der Waals surface area contributed by atoms with Crippen molar-refractivity contribution in [2.75, 3.05) is 71.2 Å². The van der Waals surface area contributed by atoms with Gasteiger partial charge in [-0.25, -0.2) is 13.4 Å². The average molecular weight is 566 g/mol. The Morgan fingerprint density at radius 1 is 1.24 bits per heavy atom. The molecule has 11 nitrogen and oxygen atoms in total. The summed E-state index contributed by atoms with van der Waals surface area (Å²) in [7, 11) is 0.191. The molecule has 1 aromatic heterocycles. The summed E-state index contributed by atoms with van der Waals surface area (Å²) in [5, 5.41) is 7.45. The summed E-state index contributed by atoms with van der Waals surface area (Å²) in [6.45, 7) is 6.17. The molecule has 1 aromatic carbocycles. The van der Waals surface area contributed by atoms with Crippen LogP contribution < -0.4 is 5.32 Å². The molecule has 1 N–H and O–H groups in total. The zero-order chi connectivity index (χ0) is 27.0. The van der Waals surface area contributed by atoms with Gasteiger partial charge in [-0.1, -0.05) is 17.3 Å². The van der Waals surface area contributed by atoms with Crippen molar-refractivity contribution in [2.45, 2.75) is 30.4 Å². The number of sulfone groups is 1. The number of carbonyl (C=O) groups is 1. The zero-order valence-electron chi connectivity index (χ0n) is 21.8. The molecule has 13 heteroatoms. The van der Waals surface area contributed by atoms with E-state index in [1.807, 2.05) is 0 Å². The van der Waals surface area contributed by atoms with Crippen LogP contribution in [0.2, 0.25) is 0 Å². The Morgan fingerprint density at radius 3 is 2.68 bits per heavy atom. The fourth-order valence-electron chi connectivity index (χ4n) is 4.10. The molecular formula is C25H35N5O6S2. The highest BCUT2D eigenvalue weighted by Gasteiger charge is 2.23. The Kier molecular flexibility index (Phi) is 10.2. The topological polar surface area (TPSA) is 123 Å². The van der Waals surface area contributed by atoms with Crippen LogP contribution in [-0.2, 0) is 35.5 Å². The van der Waals surface area contributed by atoms with Crippen LogP contribution in [0.4, 0.5) is 5.13 Å². The molecule has 2 aliphatic heterocycles. The first-order chi connectivity index (χ1) is 18.3. The Bertz CT molecular complexity index is 1190. The van der Waals surface area contributed by atoms with Crippen molar-refractivity contribution >= 4 is 37.9 Å². The van der Waals surface area contributed by atoms with E-state index < -0.39 is 15.7 Å². The molecule has 0 unspecified atom stereocenters. The number of benzene rings is 1. The normalized spacial score (nSPS) is 19.5. The highest BCUT2D eigenvalue weighted by atomic mass is 32.2. The first kappa shape index (κ1) is 28.6. The molecular weight excluding hydrogens is 530 g/mol. The molecule has 0 bridgehead atoms. The van der Waals surface area contributed by atoms with Crippen molar-refractivity contribution in [1.29, 1.82) is 0 Å². The number of nitrogens with zero attached hydrogens (tertiary/aromatic N) is 4. The number of methoxy groups -OCH3 is 1. The third-order valence-corrected chi connectivity index (χ3v) is 9.11. The molecule has 2 aliphatic rings. The van der Waals surface area contributed by atoms with E-state index >= 15 is 0 Å². The van der Waals surface area contributed by atoms with Gasteiger partial charge in [0.25, 0.3) is 5.91 Å². The number of piperazine rings is 1. The van der Waals surface area contributed by atoms with Crippen LogP contribution in [0.3, 0.4) is 0 Å². The minimum Gasteiger partial charge on any atom is -0.389 e. The lowest BCUT2D eigenvalue weighted by atomic mass is 10.1. The summed E-state index contributed by atoms with van der Waals surface area (Å²) in [4.78, 5) is 29.2. The standard InChI is InChI=1S/C25H35N5O6S2/c1-29-9-11-30(12-10-29)17-21-16-26-25(37-21)27-24(31)23(28-36-20-8-14-35-18-20)19-4-6-22(7-5-19)38(32,33)15-3-13-34-2/h4-7,16,20H,3,8-15,17-18H2,1-2H3,(H,26,27,31)/b28-23+/t20-/m1/s1. The van der Waals surface area contributed by atoms with Crippen molar-refractivity contribution in [3.05, 3.63) is 40.9 Å². The van der Waals surface area contributed by atoms with E-state index in [-0.39, 0.29) is 22.5 Å². The van der Waals surface area contributed by atoms with Crippen LogP contribution >= 0.6 is 11.3 Å². The van der Waals surface area contributed by atoms with Crippen molar-refractivity contribution in [1.82, 2.24) is 14.8 Å². The summed E-state index contributed by atoms with van der Waals surface area (Å²) >= 11 is 1.42. The van der Waals surface area contributed by atoms with Gasteiger partial charge >= 0.3 is 0 Å². The van der Waals surface area contributed by atoms with E-state index in [4.69, 9.17) is 14.3 Å². The van der Waals surface area contributed by atoms with Crippen LogP contribution in [0.5, 0.6) is 0 Å². The van der Waals surface area contributed by atoms with Crippen LogP contribution in [0, 0.1) is 0 Å². The molecule has 2 saturated heterocycles.